The fourth-order valence-electron chi connectivity index (χ4n) is 1.64. The van der Waals surface area contributed by atoms with Crippen LogP contribution in [0.3, 0.4) is 0 Å². The number of thiophene rings is 1. The lowest BCUT2D eigenvalue weighted by atomic mass is 10.3. The summed E-state index contributed by atoms with van der Waals surface area (Å²) in [5.41, 5.74) is 0. The molecule has 0 aromatic carbocycles. The zero-order valence-electron chi connectivity index (χ0n) is 11.4. The maximum absolute atomic E-state index is 10.5. The van der Waals surface area contributed by atoms with Crippen LogP contribution in [-0.4, -0.2) is 42.8 Å². The third-order valence-corrected chi connectivity index (χ3v) is 3.64. The molecule has 0 bridgehead atoms. The normalized spacial score (nSPS) is 11.1. The zero-order valence-corrected chi connectivity index (χ0v) is 12.2. The van der Waals surface area contributed by atoms with Crippen LogP contribution < -0.4 is 0 Å². The van der Waals surface area contributed by atoms with Gasteiger partial charge in [0.05, 0.1) is 12.7 Å². The van der Waals surface area contributed by atoms with Crippen molar-refractivity contribution in [2.45, 2.75) is 13.0 Å². The van der Waals surface area contributed by atoms with Crippen LogP contribution >= 0.6 is 11.3 Å². The molecule has 0 atom stereocenters. The van der Waals surface area contributed by atoms with E-state index >= 15 is 0 Å². The molecule has 0 spiro atoms. The molecule has 0 aliphatic rings. The molecule has 0 aliphatic heterocycles. The van der Waals surface area contributed by atoms with Crippen molar-refractivity contribution in [1.29, 1.82) is 5.26 Å². The average Bonchev–Trinajstić information content (AvgIpc) is 2.87. The van der Waals surface area contributed by atoms with Crippen molar-refractivity contribution < 1.29 is 14.6 Å². The van der Waals surface area contributed by atoms with Gasteiger partial charge < -0.3 is 9.84 Å². The van der Waals surface area contributed by atoms with Gasteiger partial charge in [-0.2, -0.15) is 5.26 Å². The number of nitriles is 1. The highest BCUT2D eigenvalue weighted by Crippen LogP contribution is 2.19. The van der Waals surface area contributed by atoms with E-state index in [1.165, 1.54) is 0 Å². The quantitative estimate of drug-likeness (QED) is 0.707. The number of hydrogen-bond donors (Lipinski definition) is 1. The third kappa shape index (κ3) is 6.48. The Bertz CT molecular complexity index is 491. The zero-order chi connectivity index (χ0) is 14.8. The molecule has 0 aliphatic carbocycles. The van der Waals surface area contributed by atoms with Crippen molar-refractivity contribution in [3.05, 3.63) is 28.0 Å². The highest BCUT2D eigenvalue weighted by atomic mass is 32.1. The maximum Gasteiger partial charge on any atom is 0.328 e. The van der Waals surface area contributed by atoms with Crippen LogP contribution in [0.4, 0.5) is 0 Å². The van der Waals surface area contributed by atoms with Gasteiger partial charge in [-0.05, 0) is 18.2 Å². The molecule has 1 heterocycles. The average molecular weight is 294 g/mol. The summed E-state index contributed by atoms with van der Waals surface area (Å²) in [7, 11) is 1.66. The van der Waals surface area contributed by atoms with Gasteiger partial charge in [-0.1, -0.05) is 0 Å². The van der Waals surface area contributed by atoms with Gasteiger partial charge in [-0.25, -0.2) is 4.79 Å². The lowest BCUT2D eigenvalue weighted by Gasteiger charge is -2.19. The van der Waals surface area contributed by atoms with E-state index in [1.807, 2.05) is 12.1 Å². The van der Waals surface area contributed by atoms with E-state index in [1.54, 1.807) is 24.5 Å². The number of hydrogen-bond acceptors (Lipinski definition) is 5. The second-order valence-electron chi connectivity index (χ2n) is 4.15. The molecule has 0 fully saturated rings. The minimum atomic E-state index is -0.948. The second-order valence-corrected chi connectivity index (χ2v) is 5.35. The summed E-state index contributed by atoms with van der Waals surface area (Å²) >= 11 is 1.55. The number of nitrogens with zero attached hydrogens (tertiary/aromatic N) is 2. The van der Waals surface area contributed by atoms with Crippen LogP contribution in [0.2, 0.25) is 0 Å². The van der Waals surface area contributed by atoms with E-state index in [0.717, 1.165) is 28.9 Å². The maximum atomic E-state index is 10.5. The largest absolute Gasteiger partial charge is 0.478 e. The molecule has 0 amide bonds. The minimum Gasteiger partial charge on any atom is -0.478 e. The lowest BCUT2D eigenvalue weighted by molar-refractivity contribution is -0.131. The Labute approximate surface area is 122 Å². The summed E-state index contributed by atoms with van der Waals surface area (Å²) < 4.78 is 5.06. The number of aliphatic carboxylic acids is 1. The molecule has 0 unspecified atom stereocenters. The molecule has 0 saturated carbocycles. The first kappa shape index (κ1) is 16.4. The summed E-state index contributed by atoms with van der Waals surface area (Å²) in [5.74, 6) is -0.948. The van der Waals surface area contributed by atoms with E-state index in [-0.39, 0.29) is 0 Å². The number of carboxylic acid groups (broad SMARTS) is 1. The van der Waals surface area contributed by atoms with E-state index in [0.29, 0.717) is 19.6 Å². The SMILES string of the molecule is COCCN(CCC#N)Cc1ccc(C=CC(=O)O)s1. The van der Waals surface area contributed by atoms with Crippen molar-refractivity contribution in [1.82, 2.24) is 4.90 Å². The Balaban J connectivity index is 2.59. The highest BCUT2D eigenvalue weighted by molar-refractivity contribution is 7.12. The van der Waals surface area contributed by atoms with Crippen molar-refractivity contribution in [2.24, 2.45) is 0 Å². The molecule has 0 saturated heterocycles. The molecular weight excluding hydrogens is 276 g/mol. The lowest BCUT2D eigenvalue weighted by Crippen LogP contribution is -2.27. The molecule has 5 nitrogen and oxygen atoms in total. The molecule has 1 aromatic heterocycles. The van der Waals surface area contributed by atoms with Gasteiger partial charge in [-0.3, -0.25) is 4.90 Å². The van der Waals surface area contributed by atoms with Gasteiger partial charge in [0, 0.05) is 49.0 Å². The predicted octanol–water partition coefficient (Wildman–Crippen LogP) is 2.21. The number of carboxylic acids is 1. The van der Waals surface area contributed by atoms with Crippen molar-refractivity contribution >= 4 is 23.4 Å². The first-order chi connectivity index (χ1) is 9.65. The monoisotopic (exact) mass is 294 g/mol. The second kappa shape index (κ2) is 9.26. The predicted molar refractivity (Wildman–Crippen MR) is 78.4 cm³/mol. The van der Waals surface area contributed by atoms with Gasteiger partial charge in [0.15, 0.2) is 0 Å². The van der Waals surface area contributed by atoms with Crippen LogP contribution in [0.25, 0.3) is 6.08 Å². The first-order valence-corrected chi connectivity index (χ1v) is 7.05. The van der Waals surface area contributed by atoms with Crippen LogP contribution in [0.1, 0.15) is 16.2 Å². The van der Waals surface area contributed by atoms with Gasteiger partial charge in [-0.15, -0.1) is 11.3 Å². The summed E-state index contributed by atoms with van der Waals surface area (Å²) in [6.45, 7) is 2.85. The standard InChI is InChI=1S/C14H18N2O3S/c1-19-10-9-16(8-2-7-15)11-13-4-3-12(20-13)5-6-14(17)18/h3-6H,2,8-11H2,1H3,(H,17,18). The van der Waals surface area contributed by atoms with Crippen LogP contribution in [0.5, 0.6) is 0 Å². The summed E-state index contributed by atoms with van der Waals surface area (Å²) in [4.78, 5) is 14.7. The van der Waals surface area contributed by atoms with Crippen molar-refractivity contribution in [3.8, 4) is 6.07 Å². The third-order valence-electron chi connectivity index (χ3n) is 2.60. The first-order valence-electron chi connectivity index (χ1n) is 6.23. The number of methoxy groups -OCH3 is 1. The molecule has 6 heteroatoms. The van der Waals surface area contributed by atoms with Crippen LogP contribution in [0, 0.1) is 11.3 Å². The van der Waals surface area contributed by atoms with Crippen LogP contribution in [-0.2, 0) is 16.1 Å². The Morgan fingerprint density at radius 3 is 3.00 bits per heavy atom. The van der Waals surface area contributed by atoms with Gasteiger partial charge in [0.1, 0.15) is 0 Å². The molecule has 20 heavy (non-hydrogen) atoms. The Kier molecular flexibility index (Phi) is 7.58. The molecular formula is C14H18N2O3S. The van der Waals surface area contributed by atoms with Gasteiger partial charge in [0.2, 0.25) is 0 Å². The van der Waals surface area contributed by atoms with Crippen LogP contribution in [0.15, 0.2) is 18.2 Å². The van der Waals surface area contributed by atoms with Gasteiger partial charge in [0.25, 0.3) is 0 Å². The molecule has 1 rings (SSSR count). The van der Waals surface area contributed by atoms with E-state index in [9.17, 15) is 4.79 Å². The fraction of sp³-hybridized carbons (Fsp3) is 0.429. The van der Waals surface area contributed by atoms with E-state index in [4.69, 9.17) is 15.1 Å². The number of rotatable bonds is 9. The number of ether oxygens (including phenoxy) is 1. The molecule has 0 radical (unpaired) electrons. The molecule has 1 N–H and O–H groups in total. The van der Waals surface area contributed by atoms with Crippen molar-refractivity contribution in [3.63, 3.8) is 0 Å². The Morgan fingerprint density at radius 1 is 1.55 bits per heavy atom. The van der Waals surface area contributed by atoms with Gasteiger partial charge >= 0.3 is 5.97 Å². The Morgan fingerprint density at radius 2 is 2.35 bits per heavy atom. The topological polar surface area (TPSA) is 73.6 Å². The van der Waals surface area contributed by atoms with Crippen molar-refractivity contribution in [2.75, 3.05) is 26.8 Å². The molecule has 108 valence electrons. The molecule has 1 aromatic rings. The summed E-state index contributed by atoms with van der Waals surface area (Å²) in [6, 6.07) is 6.03. The minimum absolute atomic E-state index is 0.487. The fourth-order valence-corrected chi connectivity index (χ4v) is 2.60. The smallest absolute Gasteiger partial charge is 0.328 e. The van der Waals surface area contributed by atoms with E-state index in [2.05, 4.69) is 11.0 Å². The number of carbonyl (C=O) groups is 1. The van der Waals surface area contributed by atoms with E-state index < -0.39 is 5.97 Å². The Hall–Kier alpha value is -1.68. The summed E-state index contributed by atoms with van der Waals surface area (Å²) in [5, 5.41) is 17.2. The summed E-state index contributed by atoms with van der Waals surface area (Å²) in [6.07, 6.45) is 3.21. The highest BCUT2D eigenvalue weighted by Gasteiger charge is 2.07.